The fraction of sp³-hybridized carbons (Fsp3) is 0. The van der Waals surface area contributed by atoms with Crippen molar-refractivity contribution in [3.63, 3.8) is 0 Å². The van der Waals surface area contributed by atoms with Crippen LogP contribution in [0.2, 0.25) is 0 Å². The number of carbonyl (C=O) groups is 1. The standard InChI is InChI=1S/C21H15N3OS/c25-20(18-8-4-5-13-22-18)23-17-11-9-15(10-12-17)19-14-26-21(24-19)16-6-2-1-3-7-16/h1-14H,(H,23,25). The Hall–Kier alpha value is -3.31. The molecule has 0 saturated heterocycles. The van der Waals surface area contributed by atoms with E-state index in [1.807, 2.05) is 47.8 Å². The van der Waals surface area contributed by atoms with Crippen LogP contribution < -0.4 is 5.32 Å². The van der Waals surface area contributed by atoms with Crippen molar-refractivity contribution in [2.45, 2.75) is 0 Å². The van der Waals surface area contributed by atoms with Crippen LogP contribution in [-0.2, 0) is 0 Å². The van der Waals surface area contributed by atoms with Crippen LogP contribution in [0.25, 0.3) is 21.8 Å². The zero-order valence-electron chi connectivity index (χ0n) is 13.8. The van der Waals surface area contributed by atoms with Crippen molar-refractivity contribution >= 4 is 22.9 Å². The van der Waals surface area contributed by atoms with Gasteiger partial charge in [-0.3, -0.25) is 9.78 Å². The van der Waals surface area contributed by atoms with Gasteiger partial charge >= 0.3 is 0 Å². The summed E-state index contributed by atoms with van der Waals surface area (Å²) in [5, 5.41) is 5.89. The van der Waals surface area contributed by atoms with Gasteiger partial charge < -0.3 is 5.32 Å². The molecule has 4 aromatic rings. The lowest BCUT2D eigenvalue weighted by Crippen LogP contribution is -2.13. The molecule has 2 aromatic carbocycles. The van der Waals surface area contributed by atoms with E-state index in [-0.39, 0.29) is 5.91 Å². The topological polar surface area (TPSA) is 54.9 Å². The number of pyridine rings is 1. The van der Waals surface area contributed by atoms with Crippen molar-refractivity contribution in [1.29, 1.82) is 0 Å². The molecule has 0 unspecified atom stereocenters. The molecule has 0 atom stereocenters. The zero-order valence-corrected chi connectivity index (χ0v) is 14.6. The van der Waals surface area contributed by atoms with Gasteiger partial charge in [0.15, 0.2) is 0 Å². The quantitative estimate of drug-likeness (QED) is 0.551. The van der Waals surface area contributed by atoms with Gasteiger partial charge in [0, 0.05) is 28.4 Å². The van der Waals surface area contributed by atoms with Crippen LogP contribution in [0.3, 0.4) is 0 Å². The number of aromatic nitrogens is 2. The first-order valence-electron chi connectivity index (χ1n) is 8.13. The highest BCUT2D eigenvalue weighted by molar-refractivity contribution is 7.13. The zero-order chi connectivity index (χ0) is 17.8. The Kier molecular flexibility index (Phi) is 4.53. The lowest BCUT2D eigenvalue weighted by atomic mass is 10.1. The monoisotopic (exact) mass is 357 g/mol. The average Bonchev–Trinajstić information content (AvgIpc) is 3.20. The fourth-order valence-electron chi connectivity index (χ4n) is 2.54. The summed E-state index contributed by atoms with van der Waals surface area (Å²) >= 11 is 1.62. The summed E-state index contributed by atoms with van der Waals surface area (Å²) in [5.41, 5.74) is 4.17. The molecular weight excluding hydrogens is 342 g/mol. The lowest BCUT2D eigenvalue weighted by molar-refractivity contribution is 0.102. The van der Waals surface area contributed by atoms with Crippen molar-refractivity contribution < 1.29 is 4.79 Å². The summed E-state index contributed by atoms with van der Waals surface area (Å²) < 4.78 is 0. The molecule has 4 nitrogen and oxygen atoms in total. The molecule has 0 saturated carbocycles. The minimum absolute atomic E-state index is 0.224. The molecule has 2 aromatic heterocycles. The van der Waals surface area contributed by atoms with Gasteiger partial charge in [-0.15, -0.1) is 11.3 Å². The number of thiazole rings is 1. The predicted octanol–water partition coefficient (Wildman–Crippen LogP) is 5.12. The van der Waals surface area contributed by atoms with Gasteiger partial charge in [0.1, 0.15) is 10.7 Å². The van der Waals surface area contributed by atoms with Gasteiger partial charge in [-0.25, -0.2) is 4.98 Å². The van der Waals surface area contributed by atoms with Gasteiger partial charge in [0.05, 0.1) is 5.69 Å². The van der Waals surface area contributed by atoms with Crippen molar-refractivity contribution in [2.75, 3.05) is 5.32 Å². The van der Waals surface area contributed by atoms with Crippen LogP contribution >= 0.6 is 11.3 Å². The number of rotatable bonds is 4. The van der Waals surface area contributed by atoms with Gasteiger partial charge in [-0.1, -0.05) is 48.5 Å². The molecular formula is C21H15N3OS. The summed E-state index contributed by atoms with van der Waals surface area (Å²) in [7, 11) is 0. The maximum absolute atomic E-state index is 12.1. The summed E-state index contributed by atoms with van der Waals surface area (Å²) in [4.78, 5) is 20.9. The molecule has 4 rings (SSSR count). The predicted molar refractivity (Wildman–Crippen MR) is 105 cm³/mol. The van der Waals surface area contributed by atoms with Crippen molar-refractivity contribution in [3.8, 4) is 21.8 Å². The molecule has 0 fully saturated rings. The number of hydrogen-bond acceptors (Lipinski definition) is 4. The first-order valence-corrected chi connectivity index (χ1v) is 9.01. The van der Waals surface area contributed by atoms with Crippen molar-refractivity contribution in [1.82, 2.24) is 9.97 Å². The summed E-state index contributed by atoms with van der Waals surface area (Å²) in [6.45, 7) is 0. The van der Waals surface area contributed by atoms with E-state index in [1.165, 1.54) is 0 Å². The first-order chi connectivity index (χ1) is 12.8. The Labute approximate surface area is 155 Å². The number of carbonyl (C=O) groups excluding carboxylic acids is 1. The van der Waals surface area contributed by atoms with Gasteiger partial charge in [-0.05, 0) is 24.3 Å². The molecule has 0 bridgehead atoms. The first kappa shape index (κ1) is 16.2. The van der Waals surface area contributed by atoms with Gasteiger partial charge in [0.2, 0.25) is 0 Å². The SMILES string of the molecule is O=C(Nc1ccc(-c2csc(-c3ccccc3)n2)cc1)c1ccccn1. The second kappa shape index (κ2) is 7.29. The Balaban J connectivity index is 1.50. The van der Waals surface area contributed by atoms with E-state index < -0.39 is 0 Å². The maximum Gasteiger partial charge on any atom is 0.274 e. The number of hydrogen-bond donors (Lipinski definition) is 1. The Morgan fingerprint density at radius 1 is 0.846 bits per heavy atom. The van der Waals surface area contributed by atoms with Crippen LogP contribution in [0.15, 0.2) is 84.4 Å². The smallest absolute Gasteiger partial charge is 0.274 e. The molecule has 0 aliphatic carbocycles. The van der Waals surface area contributed by atoms with E-state index in [0.29, 0.717) is 5.69 Å². The minimum Gasteiger partial charge on any atom is -0.321 e. The highest BCUT2D eigenvalue weighted by atomic mass is 32.1. The van der Waals surface area contributed by atoms with Crippen LogP contribution in [0.1, 0.15) is 10.5 Å². The van der Waals surface area contributed by atoms with E-state index in [2.05, 4.69) is 22.4 Å². The lowest BCUT2D eigenvalue weighted by Gasteiger charge is -2.05. The number of nitrogens with zero attached hydrogens (tertiary/aromatic N) is 2. The van der Waals surface area contributed by atoms with E-state index in [9.17, 15) is 4.79 Å². The van der Waals surface area contributed by atoms with E-state index in [0.717, 1.165) is 27.5 Å². The van der Waals surface area contributed by atoms with Crippen LogP contribution in [0, 0.1) is 0 Å². The average molecular weight is 357 g/mol. The van der Waals surface area contributed by atoms with E-state index >= 15 is 0 Å². The number of benzene rings is 2. The second-order valence-electron chi connectivity index (χ2n) is 5.65. The van der Waals surface area contributed by atoms with Crippen LogP contribution in [0.4, 0.5) is 5.69 Å². The normalized spacial score (nSPS) is 10.5. The highest BCUT2D eigenvalue weighted by Gasteiger charge is 2.09. The second-order valence-corrected chi connectivity index (χ2v) is 6.51. The van der Waals surface area contributed by atoms with Crippen LogP contribution in [-0.4, -0.2) is 15.9 Å². The number of anilines is 1. The van der Waals surface area contributed by atoms with Crippen LogP contribution in [0.5, 0.6) is 0 Å². The van der Waals surface area contributed by atoms with E-state index in [1.54, 1.807) is 35.7 Å². The fourth-order valence-corrected chi connectivity index (χ4v) is 3.37. The molecule has 0 aliphatic heterocycles. The molecule has 2 heterocycles. The third-order valence-corrected chi connectivity index (χ3v) is 4.75. The summed E-state index contributed by atoms with van der Waals surface area (Å²) in [6.07, 6.45) is 1.60. The summed E-state index contributed by atoms with van der Waals surface area (Å²) in [5.74, 6) is -0.224. The van der Waals surface area contributed by atoms with Crippen molar-refractivity contribution in [3.05, 3.63) is 90.1 Å². The molecule has 26 heavy (non-hydrogen) atoms. The Morgan fingerprint density at radius 3 is 2.35 bits per heavy atom. The molecule has 1 N–H and O–H groups in total. The molecule has 5 heteroatoms. The van der Waals surface area contributed by atoms with Crippen molar-refractivity contribution in [2.24, 2.45) is 0 Å². The van der Waals surface area contributed by atoms with Gasteiger partial charge in [0.25, 0.3) is 5.91 Å². The molecule has 0 spiro atoms. The maximum atomic E-state index is 12.1. The Morgan fingerprint density at radius 2 is 1.62 bits per heavy atom. The Bertz CT molecular complexity index is 1010. The molecule has 0 aliphatic rings. The van der Waals surface area contributed by atoms with E-state index in [4.69, 9.17) is 4.98 Å². The summed E-state index contributed by atoms with van der Waals surface area (Å²) in [6, 6.07) is 23.0. The molecule has 126 valence electrons. The molecule has 1 amide bonds. The number of amides is 1. The third-order valence-electron chi connectivity index (χ3n) is 3.86. The van der Waals surface area contributed by atoms with Gasteiger partial charge in [-0.2, -0.15) is 0 Å². The highest BCUT2D eigenvalue weighted by Crippen LogP contribution is 2.29. The molecule has 0 radical (unpaired) electrons. The largest absolute Gasteiger partial charge is 0.321 e. The number of nitrogens with one attached hydrogen (secondary N) is 1. The third kappa shape index (κ3) is 3.53. The minimum atomic E-state index is -0.224.